The van der Waals surface area contributed by atoms with Gasteiger partial charge in [-0.25, -0.2) is 0 Å². The Hall–Kier alpha value is -3.90. The second kappa shape index (κ2) is 7.35. The lowest BCUT2D eigenvalue weighted by atomic mass is 9.87. The van der Waals surface area contributed by atoms with Crippen LogP contribution in [0.4, 0.5) is 0 Å². The van der Waals surface area contributed by atoms with Gasteiger partial charge in [-0.1, -0.05) is 108 Å². The second-order valence-electron chi connectivity index (χ2n) is 8.78. The monoisotopic (exact) mass is 408 g/mol. The van der Waals surface area contributed by atoms with Crippen LogP contribution in [0.15, 0.2) is 109 Å². The van der Waals surface area contributed by atoms with Crippen LogP contribution in [-0.2, 0) is 0 Å². The summed E-state index contributed by atoms with van der Waals surface area (Å²) in [5.74, 6) is 0. The van der Waals surface area contributed by atoms with Crippen molar-refractivity contribution in [3.8, 4) is 22.3 Å². The summed E-state index contributed by atoms with van der Waals surface area (Å²) < 4.78 is 0. The number of hydrogen-bond acceptors (Lipinski definition) is 0. The zero-order valence-corrected chi connectivity index (χ0v) is 18.4. The number of benzene rings is 6. The van der Waals surface area contributed by atoms with Gasteiger partial charge in [0.1, 0.15) is 0 Å². The van der Waals surface area contributed by atoms with Crippen LogP contribution >= 0.6 is 0 Å². The molecular formula is C32H24. The van der Waals surface area contributed by atoms with Crippen molar-refractivity contribution in [3.63, 3.8) is 0 Å². The third-order valence-electron chi connectivity index (χ3n) is 6.52. The van der Waals surface area contributed by atoms with Crippen LogP contribution in [0.25, 0.3) is 54.6 Å². The molecule has 0 heterocycles. The quantitative estimate of drug-likeness (QED) is 0.251. The summed E-state index contributed by atoms with van der Waals surface area (Å²) in [5, 5.41) is 7.86. The summed E-state index contributed by atoms with van der Waals surface area (Å²) in [5.41, 5.74) is 7.70. The summed E-state index contributed by atoms with van der Waals surface area (Å²) in [6, 6.07) is 40.1. The molecule has 0 spiro atoms. The van der Waals surface area contributed by atoms with E-state index >= 15 is 0 Å². The van der Waals surface area contributed by atoms with E-state index in [0.717, 1.165) is 0 Å². The van der Waals surface area contributed by atoms with Crippen LogP contribution in [0.1, 0.15) is 11.1 Å². The maximum absolute atomic E-state index is 2.39. The van der Waals surface area contributed by atoms with Crippen LogP contribution < -0.4 is 0 Å². The lowest BCUT2D eigenvalue weighted by molar-refractivity contribution is 1.47. The highest BCUT2D eigenvalue weighted by Gasteiger charge is 2.14. The molecule has 0 saturated carbocycles. The van der Waals surface area contributed by atoms with Gasteiger partial charge in [-0.2, -0.15) is 0 Å². The fourth-order valence-corrected chi connectivity index (χ4v) is 5.08. The number of hydrogen-bond donors (Lipinski definition) is 0. The minimum Gasteiger partial charge on any atom is -0.0616 e. The first-order chi connectivity index (χ1) is 15.7. The molecule has 0 aliphatic rings. The maximum Gasteiger partial charge on any atom is -0.00259 e. The lowest BCUT2D eigenvalue weighted by Gasteiger charge is -2.16. The maximum atomic E-state index is 2.39. The number of fused-ring (bicyclic) bond motifs is 5. The van der Waals surface area contributed by atoms with Crippen molar-refractivity contribution in [2.75, 3.05) is 0 Å². The summed E-state index contributed by atoms with van der Waals surface area (Å²) in [6.45, 7) is 4.33. The Bertz CT molecular complexity index is 1520. The molecule has 0 nitrogen and oxygen atoms in total. The molecule has 152 valence electrons. The van der Waals surface area contributed by atoms with E-state index in [0.29, 0.717) is 0 Å². The van der Waals surface area contributed by atoms with Gasteiger partial charge in [-0.3, -0.25) is 0 Å². The highest BCUT2D eigenvalue weighted by atomic mass is 14.2. The summed E-state index contributed by atoms with van der Waals surface area (Å²) in [7, 11) is 0. The molecule has 0 amide bonds. The molecule has 6 aromatic carbocycles. The predicted octanol–water partition coefficient (Wildman–Crippen LogP) is 9.10. The van der Waals surface area contributed by atoms with Crippen molar-refractivity contribution in [1.29, 1.82) is 0 Å². The van der Waals surface area contributed by atoms with E-state index < -0.39 is 0 Å². The van der Waals surface area contributed by atoms with Crippen LogP contribution in [0.2, 0.25) is 0 Å². The Kier molecular flexibility index (Phi) is 4.33. The molecule has 0 aromatic heterocycles. The first-order valence-electron chi connectivity index (χ1n) is 11.2. The average molecular weight is 409 g/mol. The van der Waals surface area contributed by atoms with E-state index in [1.54, 1.807) is 0 Å². The highest BCUT2D eigenvalue weighted by Crippen LogP contribution is 2.41. The van der Waals surface area contributed by atoms with Crippen LogP contribution in [0, 0.1) is 13.8 Å². The zero-order chi connectivity index (χ0) is 21.7. The summed E-state index contributed by atoms with van der Waals surface area (Å²) in [4.78, 5) is 0. The first kappa shape index (κ1) is 18.8. The van der Waals surface area contributed by atoms with E-state index in [2.05, 4.69) is 123 Å². The van der Waals surface area contributed by atoms with Gasteiger partial charge in [0, 0.05) is 0 Å². The van der Waals surface area contributed by atoms with Crippen LogP contribution in [0.3, 0.4) is 0 Å². The Balaban J connectivity index is 1.80. The molecule has 0 atom stereocenters. The molecule has 6 rings (SSSR count). The van der Waals surface area contributed by atoms with Gasteiger partial charge >= 0.3 is 0 Å². The molecule has 0 N–H and O–H groups in total. The standard InChI is InChI=1S/C32H24/c1-21-9-7-11-23(17-21)30-19-25-20-31(24-12-8-10-22(2)18-24)27-14-4-6-16-29(27)32(25)28-15-5-3-13-26(28)30/h3-20H,1-2H3. The minimum absolute atomic E-state index is 1.27. The van der Waals surface area contributed by atoms with E-state index in [1.165, 1.54) is 65.7 Å². The normalized spacial score (nSPS) is 11.4. The van der Waals surface area contributed by atoms with Crippen molar-refractivity contribution < 1.29 is 0 Å². The molecule has 0 bridgehead atoms. The molecule has 0 saturated heterocycles. The molecular weight excluding hydrogens is 384 g/mol. The van der Waals surface area contributed by atoms with Crippen molar-refractivity contribution in [2.45, 2.75) is 13.8 Å². The number of rotatable bonds is 2. The molecule has 32 heavy (non-hydrogen) atoms. The predicted molar refractivity (Wildman–Crippen MR) is 139 cm³/mol. The fraction of sp³-hybridized carbons (Fsp3) is 0.0625. The Morgan fingerprint density at radius 2 is 0.844 bits per heavy atom. The Labute approximate surface area is 188 Å². The van der Waals surface area contributed by atoms with Gasteiger partial charge in [0.15, 0.2) is 0 Å². The topological polar surface area (TPSA) is 0 Å². The third-order valence-corrected chi connectivity index (χ3v) is 6.52. The van der Waals surface area contributed by atoms with Gasteiger partial charge < -0.3 is 0 Å². The van der Waals surface area contributed by atoms with Gasteiger partial charge in [0.05, 0.1) is 0 Å². The molecule has 6 aromatic rings. The second-order valence-corrected chi connectivity index (χ2v) is 8.78. The molecule has 0 fully saturated rings. The first-order valence-corrected chi connectivity index (χ1v) is 11.2. The van der Waals surface area contributed by atoms with E-state index in [1.807, 2.05) is 0 Å². The van der Waals surface area contributed by atoms with Crippen molar-refractivity contribution >= 4 is 32.3 Å². The van der Waals surface area contributed by atoms with Crippen molar-refractivity contribution in [2.24, 2.45) is 0 Å². The third kappa shape index (κ3) is 2.99. The van der Waals surface area contributed by atoms with Gasteiger partial charge in [-0.15, -0.1) is 0 Å². The lowest BCUT2D eigenvalue weighted by Crippen LogP contribution is -1.89. The molecule has 0 heteroatoms. The SMILES string of the molecule is Cc1cccc(-c2cc3cc(-c4cccc(C)c4)c4ccccc4c3c3ccccc23)c1. The van der Waals surface area contributed by atoms with E-state index in [-0.39, 0.29) is 0 Å². The van der Waals surface area contributed by atoms with Gasteiger partial charge in [-0.05, 0) is 80.6 Å². The summed E-state index contributed by atoms with van der Waals surface area (Å²) in [6.07, 6.45) is 0. The van der Waals surface area contributed by atoms with Crippen LogP contribution in [-0.4, -0.2) is 0 Å². The Morgan fingerprint density at radius 3 is 1.28 bits per heavy atom. The molecule has 0 unspecified atom stereocenters. The highest BCUT2D eigenvalue weighted by molar-refractivity contribution is 6.25. The molecule has 0 radical (unpaired) electrons. The summed E-state index contributed by atoms with van der Waals surface area (Å²) >= 11 is 0. The van der Waals surface area contributed by atoms with E-state index in [9.17, 15) is 0 Å². The number of aryl methyl sites for hydroxylation is 2. The van der Waals surface area contributed by atoms with Crippen LogP contribution in [0.5, 0.6) is 0 Å². The van der Waals surface area contributed by atoms with Gasteiger partial charge in [0.25, 0.3) is 0 Å². The fourth-order valence-electron chi connectivity index (χ4n) is 5.08. The van der Waals surface area contributed by atoms with Crippen molar-refractivity contribution in [1.82, 2.24) is 0 Å². The van der Waals surface area contributed by atoms with E-state index in [4.69, 9.17) is 0 Å². The average Bonchev–Trinajstić information content (AvgIpc) is 2.83. The zero-order valence-electron chi connectivity index (χ0n) is 18.4. The molecule has 0 aliphatic carbocycles. The smallest absolute Gasteiger partial charge is 0.00259 e. The van der Waals surface area contributed by atoms with Gasteiger partial charge in [0.2, 0.25) is 0 Å². The largest absolute Gasteiger partial charge is 0.0616 e. The minimum atomic E-state index is 1.27. The molecule has 0 aliphatic heterocycles. The van der Waals surface area contributed by atoms with Crippen molar-refractivity contribution in [3.05, 3.63) is 120 Å². The Morgan fingerprint density at radius 1 is 0.406 bits per heavy atom.